The Labute approximate surface area is 142 Å². The summed E-state index contributed by atoms with van der Waals surface area (Å²) in [6, 6.07) is 5.96. The fraction of sp³-hybridized carbons (Fsp3) is 0.471. The highest BCUT2D eigenvalue weighted by Gasteiger charge is 2.30. The van der Waals surface area contributed by atoms with Crippen LogP contribution >= 0.6 is 11.6 Å². The first-order valence-electron chi connectivity index (χ1n) is 7.96. The summed E-state index contributed by atoms with van der Waals surface area (Å²) in [6.45, 7) is 3.58. The van der Waals surface area contributed by atoms with Gasteiger partial charge >= 0.3 is 6.03 Å². The molecule has 5 nitrogen and oxygen atoms in total. The van der Waals surface area contributed by atoms with E-state index in [0.717, 1.165) is 44.0 Å². The van der Waals surface area contributed by atoms with Gasteiger partial charge in [0.15, 0.2) is 0 Å². The molecule has 1 aromatic carbocycles. The Balaban J connectivity index is 1.64. The molecule has 1 atom stereocenters. The maximum atomic E-state index is 12.6. The lowest BCUT2D eigenvalue weighted by Gasteiger charge is -2.24. The van der Waals surface area contributed by atoms with Crippen molar-refractivity contribution >= 4 is 29.0 Å². The Morgan fingerprint density at radius 2 is 2.04 bits per heavy atom. The molecule has 124 valence electrons. The number of carbonyl (C=O) groups excluding carboxylic acids is 1. The van der Waals surface area contributed by atoms with E-state index in [4.69, 9.17) is 11.6 Å². The van der Waals surface area contributed by atoms with Gasteiger partial charge in [0.1, 0.15) is 0 Å². The van der Waals surface area contributed by atoms with Crippen molar-refractivity contribution in [3.8, 4) is 0 Å². The number of hydrogen-bond acceptors (Lipinski definition) is 3. The van der Waals surface area contributed by atoms with E-state index < -0.39 is 0 Å². The molecule has 2 aliphatic rings. The molecule has 1 saturated heterocycles. The van der Waals surface area contributed by atoms with Gasteiger partial charge in [-0.15, -0.1) is 0 Å². The zero-order chi connectivity index (χ0) is 16.4. The molecule has 0 aliphatic carbocycles. The molecule has 1 aromatic rings. The van der Waals surface area contributed by atoms with Gasteiger partial charge in [-0.2, -0.15) is 0 Å². The number of benzene rings is 1. The van der Waals surface area contributed by atoms with Crippen LogP contribution in [-0.2, 0) is 0 Å². The van der Waals surface area contributed by atoms with Crippen molar-refractivity contribution < 1.29 is 4.79 Å². The van der Waals surface area contributed by atoms with Gasteiger partial charge in [-0.05, 0) is 24.6 Å². The highest BCUT2D eigenvalue weighted by molar-refractivity contribution is 6.31. The smallest absolute Gasteiger partial charge is 0.321 e. The largest absolute Gasteiger partial charge is 0.376 e. The van der Waals surface area contributed by atoms with Gasteiger partial charge in [-0.1, -0.05) is 23.8 Å². The third-order valence-corrected chi connectivity index (χ3v) is 4.73. The van der Waals surface area contributed by atoms with Gasteiger partial charge in [0.2, 0.25) is 0 Å². The van der Waals surface area contributed by atoms with Crippen LogP contribution in [0.2, 0.25) is 5.02 Å². The second kappa shape index (κ2) is 6.81. The molecule has 1 fully saturated rings. The van der Waals surface area contributed by atoms with Crippen molar-refractivity contribution in [3.05, 3.63) is 35.4 Å². The first-order valence-corrected chi connectivity index (χ1v) is 8.34. The average molecular weight is 335 g/mol. The van der Waals surface area contributed by atoms with Gasteiger partial charge < -0.3 is 15.1 Å². The van der Waals surface area contributed by atoms with E-state index in [1.54, 1.807) is 6.07 Å². The molecular weight excluding hydrogens is 312 g/mol. The molecule has 2 heterocycles. The van der Waals surface area contributed by atoms with Crippen LogP contribution in [-0.4, -0.2) is 62.1 Å². The zero-order valence-electron chi connectivity index (χ0n) is 13.6. The van der Waals surface area contributed by atoms with Crippen molar-refractivity contribution in [1.82, 2.24) is 9.80 Å². The van der Waals surface area contributed by atoms with Crippen LogP contribution < -0.4 is 10.2 Å². The van der Waals surface area contributed by atoms with E-state index in [2.05, 4.69) is 22.4 Å². The molecule has 2 amide bonds. The third-order valence-electron chi connectivity index (χ3n) is 4.50. The van der Waals surface area contributed by atoms with E-state index in [0.29, 0.717) is 11.1 Å². The van der Waals surface area contributed by atoms with Crippen molar-refractivity contribution in [3.63, 3.8) is 0 Å². The van der Waals surface area contributed by atoms with Gasteiger partial charge in [0, 0.05) is 51.3 Å². The number of nitrogens with zero attached hydrogens (tertiary/aromatic N) is 3. The van der Waals surface area contributed by atoms with Crippen LogP contribution in [0.5, 0.6) is 0 Å². The monoisotopic (exact) mass is 334 g/mol. The lowest BCUT2D eigenvalue weighted by atomic mass is 10.2. The van der Waals surface area contributed by atoms with Gasteiger partial charge in [-0.3, -0.25) is 4.90 Å². The van der Waals surface area contributed by atoms with E-state index >= 15 is 0 Å². The fourth-order valence-electron chi connectivity index (χ4n) is 3.21. The number of anilines is 2. The van der Waals surface area contributed by atoms with Crippen molar-refractivity contribution in [2.45, 2.75) is 12.5 Å². The topological polar surface area (TPSA) is 38.8 Å². The highest BCUT2D eigenvalue weighted by Crippen LogP contribution is 2.28. The van der Waals surface area contributed by atoms with Crippen molar-refractivity contribution in [2.24, 2.45) is 0 Å². The van der Waals surface area contributed by atoms with Gasteiger partial charge in [-0.25, -0.2) is 4.79 Å². The summed E-state index contributed by atoms with van der Waals surface area (Å²) in [6.07, 6.45) is 5.42. The molecule has 0 bridgehead atoms. The number of carbonyl (C=O) groups is 1. The lowest BCUT2D eigenvalue weighted by Crippen LogP contribution is -2.39. The molecule has 0 unspecified atom stereocenters. The van der Waals surface area contributed by atoms with E-state index in [1.807, 2.05) is 36.0 Å². The number of rotatable bonds is 3. The summed E-state index contributed by atoms with van der Waals surface area (Å²) in [5.41, 5.74) is 1.70. The van der Waals surface area contributed by atoms with Crippen molar-refractivity contribution in [2.75, 3.05) is 50.5 Å². The second-order valence-electron chi connectivity index (χ2n) is 6.30. The Bertz CT molecular complexity index is 609. The number of halogens is 1. The summed E-state index contributed by atoms with van der Waals surface area (Å²) in [4.78, 5) is 18.9. The van der Waals surface area contributed by atoms with Gasteiger partial charge in [0.05, 0.1) is 11.4 Å². The summed E-state index contributed by atoms with van der Waals surface area (Å²) in [5, 5.41) is 3.63. The Hall–Kier alpha value is -1.72. The summed E-state index contributed by atoms with van der Waals surface area (Å²) >= 11 is 6.08. The van der Waals surface area contributed by atoms with Crippen LogP contribution in [0.15, 0.2) is 30.4 Å². The maximum Gasteiger partial charge on any atom is 0.321 e. The van der Waals surface area contributed by atoms with E-state index in [9.17, 15) is 4.79 Å². The maximum absolute atomic E-state index is 12.6. The zero-order valence-corrected chi connectivity index (χ0v) is 14.4. The Kier molecular flexibility index (Phi) is 4.78. The third kappa shape index (κ3) is 3.62. The summed E-state index contributed by atoms with van der Waals surface area (Å²) in [7, 11) is 3.90. The minimum atomic E-state index is -0.0509. The minimum absolute atomic E-state index is 0.0509. The van der Waals surface area contributed by atoms with Crippen molar-refractivity contribution in [1.29, 1.82) is 0 Å². The predicted octanol–water partition coefficient (Wildman–Crippen LogP) is 2.88. The molecule has 23 heavy (non-hydrogen) atoms. The molecule has 1 N–H and O–H groups in total. The van der Waals surface area contributed by atoms with Crippen LogP contribution in [0.3, 0.4) is 0 Å². The highest BCUT2D eigenvalue weighted by atomic mass is 35.5. The summed E-state index contributed by atoms with van der Waals surface area (Å²) in [5.74, 6) is 0. The molecule has 0 aromatic heterocycles. The van der Waals surface area contributed by atoms with E-state index in [1.165, 1.54) is 0 Å². The predicted molar refractivity (Wildman–Crippen MR) is 95.5 cm³/mol. The Morgan fingerprint density at radius 3 is 2.74 bits per heavy atom. The SMILES string of the molecule is CN(C)c1ccc(Cl)cc1NC(=O)N1CC[C@@H](N2CC=CC2)C1. The van der Waals surface area contributed by atoms with Crippen LogP contribution in [0.25, 0.3) is 0 Å². The number of hydrogen-bond donors (Lipinski definition) is 1. The molecule has 2 aliphatic heterocycles. The summed E-state index contributed by atoms with van der Waals surface area (Å²) < 4.78 is 0. The first kappa shape index (κ1) is 16.1. The lowest BCUT2D eigenvalue weighted by molar-refractivity contribution is 0.212. The number of amides is 2. The Morgan fingerprint density at radius 1 is 1.30 bits per heavy atom. The number of nitrogens with one attached hydrogen (secondary N) is 1. The minimum Gasteiger partial charge on any atom is -0.376 e. The standard InChI is InChI=1S/C17H23ClN4O/c1-20(2)16-6-5-13(18)11-15(16)19-17(23)22-10-7-14(12-22)21-8-3-4-9-21/h3-6,11,14H,7-10,12H2,1-2H3,(H,19,23)/t14-/m1/s1. The molecule has 0 saturated carbocycles. The van der Waals surface area contributed by atoms with Crippen LogP contribution in [0.1, 0.15) is 6.42 Å². The second-order valence-corrected chi connectivity index (χ2v) is 6.74. The number of urea groups is 1. The van der Waals surface area contributed by atoms with E-state index in [-0.39, 0.29) is 6.03 Å². The molecule has 3 rings (SSSR count). The quantitative estimate of drug-likeness (QED) is 0.864. The molecular formula is C17H23ClN4O. The van der Waals surface area contributed by atoms with Crippen LogP contribution in [0, 0.1) is 0 Å². The molecule has 0 radical (unpaired) electrons. The number of likely N-dealkylation sites (tertiary alicyclic amines) is 1. The first-order chi connectivity index (χ1) is 11.0. The fourth-order valence-corrected chi connectivity index (χ4v) is 3.38. The van der Waals surface area contributed by atoms with Gasteiger partial charge in [0.25, 0.3) is 0 Å². The normalized spacial score (nSPS) is 21.0. The molecule has 0 spiro atoms. The average Bonchev–Trinajstić information content (AvgIpc) is 3.18. The molecule has 6 heteroatoms. The van der Waals surface area contributed by atoms with Crippen LogP contribution in [0.4, 0.5) is 16.2 Å².